The van der Waals surface area contributed by atoms with Gasteiger partial charge < -0.3 is 20.8 Å². The minimum Gasteiger partial charge on any atom is -0.508 e. The van der Waals surface area contributed by atoms with Gasteiger partial charge in [-0.2, -0.15) is 0 Å². The summed E-state index contributed by atoms with van der Waals surface area (Å²) in [5.74, 6) is 0.211. The molecule has 2 aromatic carbocycles. The van der Waals surface area contributed by atoms with Crippen LogP contribution in [0, 0.1) is 23.2 Å². The van der Waals surface area contributed by atoms with Gasteiger partial charge in [-0.25, -0.2) is 4.79 Å². The number of carbonyl (C=O) groups is 3. The third-order valence-electron chi connectivity index (χ3n) is 8.59. The molecule has 36 heavy (non-hydrogen) atoms. The molecule has 0 radical (unpaired) electrons. The molecule has 4 aliphatic rings. The number of primary amides is 1. The molecule has 2 aromatic rings. The molecule has 0 saturated heterocycles. The van der Waals surface area contributed by atoms with Gasteiger partial charge in [0.1, 0.15) is 11.8 Å². The third kappa shape index (κ3) is 4.97. The number of benzene rings is 2. The van der Waals surface area contributed by atoms with Crippen molar-refractivity contribution in [1.29, 1.82) is 0 Å². The molecule has 7 nitrogen and oxygen atoms in total. The Morgan fingerprint density at radius 3 is 1.86 bits per heavy atom. The second-order valence-electron chi connectivity index (χ2n) is 11.3. The smallest absolute Gasteiger partial charge is 0.326 e. The molecule has 190 valence electrons. The monoisotopic (exact) mass is 490 g/mol. The van der Waals surface area contributed by atoms with Crippen LogP contribution in [-0.2, 0) is 9.59 Å². The minimum absolute atomic E-state index is 0.00830. The molecule has 4 saturated carbocycles. The number of amides is 2. The second-order valence-corrected chi connectivity index (χ2v) is 11.3. The molecule has 0 aromatic heterocycles. The Bertz CT molecular complexity index is 1110. The van der Waals surface area contributed by atoms with Gasteiger partial charge in [-0.1, -0.05) is 24.3 Å². The Kier molecular flexibility index (Phi) is 6.49. The van der Waals surface area contributed by atoms with Gasteiger partial charge in [0, 0.05) is 18.5 Å². The first-order valence-electron chi connectivity index (χ1n) is 12.9. The predicted octanol–water partition coefficient (Wildman–Crippen LogP) is 4.44. The van der Waals surface area contributed by atoms with Crippen molar-refractivity contribution in [3.05, 3.63) is 54.1 Å². The van der Waals surface area contributed by atoms with Gasteiger partial charge in [-0.15, -0.1) is 0 Å². The predicted molar refractivity (Wildman–Crippen MR) is 135 cm³/mol. The molecule has 0 aliphatic heterocycles. The number of phenols is 1. The van der Waals surface area contributed by atoms with E-state index in [2.05, 4.69) is 0 Å². The number of hydrogen-bond acceptors (Lipinski definition) is 4. The molecule has 6 rings (SSSR count). The van der Waals surface area contributed by atoms with Crippen LogP contribution in [0.2, 0.25) is 0 Å². The number of carbonyl (C=O) groups excluding carboxylic acids is 2. The van der Waals surface area contributed by atoms with E-state index < -0.39 is 17.9 Å². The first kappa shape index (κ1) is 24.3. The molecule has 4 aliphatic carbocycles. The van der Waals surface area contributed by atoms with E-state index in [1.807, 2.05) is 12.1 Å². The lowest BCUT2D eigenvalue weighted by molar-refractivity contribution is -0.144. The second kappa shape index (κ2) is 9.60. The highest BCUT2D eigenvalue weighted by atomic mass is 16.4. The van der Waals surface area contributed by atoms with Crippen LogP contribution in [0.25, 0.3) is 11.1 Å². The minimum atomic E-state index is -1.10. The molecule has 4 N–H and O–H groups in total. The van der Waals surface area contributed by atoms with Crippen LogP contribution in [0.15, 0.2) is 48.5 Å². The Hall–Kier alpha value is -3.35. The van der Waals surface area contributed by atoms with Crippen LogP contribution < -0.4 is 5.73 Å². The van der Waals surface area contributed by atoms with E-state index in [0.29, 0.717) is 29.9 Å². The zero-order valence-electron chi connectivity index (χ0n) is 20.4. The number of nitrogens with zero attached hydrogens (tertiary/aromatic N) is 1. The lowest BCUT2D eigenvalue weighted by atomic mass is 9.49. The maximum Gasteiger partial charge on any atom is 0.326 e. The molecule has 4 bridgehead atoms. The summed E-state index contributed by atoms with van der Waals surface area (Å²) < 4.78 is 0. The summed E-state index contributed by atoms with van der Waals surface area (Å²) in [7, 11) is 0. The van der Waals surface area contributed by atoms with Crippen LogP contribution in [0.3, 0.4) is 0 Å². The SMILES string of the molecule is NC(=O)CC[C@@H](C(=O)O)N(CC12CC3CC(CC(C3)C1)C2)C(=O)c1ccc(-c2ccc(O)cc2)cc1. The van der Waals surface area contributed by atoms with E-state index in [1.54, 1.807) is 36.4 Å². The van der Waals surface area contributed by atoms with E-state index in [1.165, 1.54) is 24.2 Å². The average molecular weight is 491 g/mol. The molecule has 2 amide bonds. The molecule has 0 spiro atoms. The molecule has 0 heterocycles. The summed E-state index contributed by atoms with van der Waals surface area (Å²) in [6.07, 6.45) is 6.85. The quantitative estimate of drug-likeness (QED) is 0.480. The summed E-state index contributed by atoms with van der Waals surface area (Å²) in [6.45, 7) is 0.408. The van der Waals surface area contributed by atoms with Crippen LogP contribution in [0.4, 0.5) is 0 Å². The first-order chi connectivity index (χ1) is 17.2. The van der Waals surface area contributed by atoms with E-state index in [0.717, 1.165) is 30.4 Å². The fraction of sp³-hybridized carbons (Fsp3) is 0.483. The van der Waals surface area contributed by atoms with Crippen LogP contribution in [0.5, 0.6) is 5.75 Å². The number of phenolic OH excluding ortho intramolecular Hbond substituents is 1. The van der Waals surface area contributed by atoms with Crippen molar-refractivity contribution in [3.8, 4) is 16.9 Å². The highest BCUT2D eigenvalue weighted by Crippen LogP contribution is 2.60. The van der Waals surface area contributed by atoms with Crippen molar-refractivity contribution in [1.82, 2.24) is 4.90 Å². The number of carboxylic acids is 1. The number of hydrogen-bond donors (Lipinski definition) is 3. The van der Waals surface area contributed by atoms with E-state index >= 15 is 0 Å². The lowest BCUT2D eigenvalue weighted by Crippen LogP contribution is -2.55. The van der Waals surface area contributed by atoms with E-state index in [-0.39, 0.29) is 29.9 Å². The van der Waals surface area contributed by atoms with Gasteiger partial charge in [-0.3, -0.25) is 9.59 Å². The lowest BCUT2D eigenvalue weighted by Gasteiger charge is -2.58. The van der Waals surface area contributed by atoms with E-state index in [4.69, 9.17) is 5.73 Å². The topological polar surface area (TPSA) is 121 Å². The molecule has 7 heteroatoms. The van der Waals surface area contributed by atoms with Gasteiger partial charge in [0.25, 0.3) is 5.91 Å². The molecule has 4 fully saturated rings. The number of aliphatic carboxylic acids is 1. The van der Waals surface area contributed by atoms with Gasteiger partial charge in [0.2, 0.25) is 5.91 Å². The standard InChI is InChI=1S/C29H34N2O5/c30-26(33)10-9-25(28(35)36)31(17-29-14-18-11-19(15-29)13-20(12-18)16-29)27(34)23-3-1-21(2-4-23)22-5-7-24(32)8-6-22/h1-8,18-20,25,32H,9-17H2,(H2,30,33)(H,35,36)/t18?,19?,20?,25-,29?/m0/s1. The van der Waals surface area contributed by atoms with Gasteiger partial charge in [0.05, 0.1) is 0 Å². The zero-order valence-corrected chi connectivity index (χ0v) is 20.4. The maximum absolute atomic E-state index is 13.9. The maximum atomic E-state index is 13.9. The average Bonchev–Trinajstić information content (AvgIpc) is 2.82. The zero-order chi connectivity index (χ0) is 25.4. The summed E-state index contributed by atoms with van der Waals surface area (Å²) in [5, 5.41) is 19.7. The Balaban J connectivity index is 1.43. The van der Waals surface area contributed by atoms with Gasteiger partial charge in [0.15, 0.2) is 0 Å². The van der Waals surface area contributed by atoms with Crippen molar-refractivity contribution >= 4 is 17.8 Å². The number of nitrogens with two attached hydrogens (primary N) is 1. The number of aromatic hydroxyl groups is 1. The van der Waals surface area contributed by atoms with Crippen molar-refractivity contribution in [3.63, 3.8) is 0 Å². The molecular weight excluding hydrogens is 456 g/mol. The normalized spacial score (nSPS) is 26.9. The van der Waals surface area contributed by atoms with Gasteiger partial charge in [-0.05, 0) is 104 Å². The number of carboxylic acid groups (broad SMARTS) is 1. The van der Waals surface area contributed by atoms with Crippen molar-refractivity contribution in [2.24, 2.45) is 28.9 Å². The largest absolute Gasteiger partial charge is 0.508 e. The summed E-state index contributed by atoms with van der Waals surface area (Å²) in [4.78, 5) is 39.3. The summed E-state index contributed by atoms with van der Waals surface area (Å²) in [6, 6.07) is 12.8. The third-order valence-corrected chi connectivity index (χ3v) is 8.59. The molecule has 1 atom stereocenters. The summed E-state index contributed by atoms with van der Waals surface area (Å²) >= 11 is 0. The number of rotatable bonds is 9. The fourth-order valence-corrected chi connectivity index (χ4v) is 7.49. The van der Waals surface area contributed by atoms with Crippen molar-refractivity contribution in [2.45, 2.75) is 57.4 Å². The Morgan fingerprint density at radius 1 is 0.889 bits per heavy atom. The first-order valence-corrected chi connectivity index (χ1v) is 12.9. The fourth-order valence-electron chi connectivity index (χ4n) is 7.49. The van der Waals surface area contributed by atoms with Crippen LogP contribution in [-0.4, -0.2) is 45.5 Å². The van der Waals surface area contributed by atoms with E-state index in [9.17, 15) is 24.6 Å². The van der Waals surface area contributed by atoms with Crippen molar-refractivity contribution < 1.29 is 24.6 Å². The molecular formula is C29H34N2O5. The molecule has 0 unspecified atom stereocenters. The highest BCUT2D eigenvalue weighted by Gasteiger charge is 2.52. The van der Waals surface area contributed by atoms with Crippen molar-refractivity contribution in [2.75, 3.05) is 6.54 Å². The Labute approximate surface area is 211 Å². The van der Waals surface area contributed by atoms with Gasteiger partial charge >= 0.3 is 5.97 Å². The van der Waals surface area contributed by atoms with Crippen LogP contribution in [0.1, 0.15) is 61.7 Å². The highest BCUT2D eigenvalue weighted by molar-refractivity contribution is 5.97. The van der Waals surface area contributed by atoms with Crippen LogP contribution >= 0.6 is 0 Å². The Morgan fingerprint density at radius 2 is 1.39 bits per heavy atom. The summed E-state index contributed by atoms with van der Waals surface area (Å²) in [5.41, 5.74) is 7.52.